The average molecular weight is 496 g/mol. The number of nitrogens with zero attached hydrogens (tertiary/aromatic N) is 3. The molecule has 188 valence electrons. The van der Waals surface area contributed by atoms with Crippen molar-refractivity contribution in [3.63, 3.8) is 0 Å². The second-order valence-corrected chi connectivity index (χ2v) is 9.17. The van der Waals surface area contributed by atoms with Crippen LogP contribution in [0, 0.1) is 6.92 Å². The van der Waals surface area contributed by atoms with Crippen molar-refractivity contribution < 1.29 is 22.8 Å². The first kappa shape index (κ1) is 25.4. The maximum Gasteiger partial charge on any atom is 0.416 e. The number of pyridine rings is 1. The summed E-state index contributed by atoms with van der Waals surface area (Å²) in [4.78, 5) is 34.2. The Balaban J connectivity index is 1.45. The van der Waals surface area contributed by atoms with Crippen LogP contribution in [0.4, 0.5) is 13.2 Å². The fourth-order valence-electron chi connectivity index (χ4n) is 4.54. The molecule has 0 N–H and O–H groups in total. The van der Waals surface area contributed by atoms with E-state index in [2.05, 4.69) is 0 Å². The Morgan fingerprint density at radius 1 is 0.972 bits per heavy atom. The fraction of sp³-hybridized carbons (Fsp3) is 0.321. The number of alkyl halides is 3. The number of aryl methyl sites for hydroxylation is 1. The molecule has 0 atom stereocenters. The van der Waals surface area contributed by atoms with Gasteiger partial charge in [-0.1, -0.05) is 30.3 Å². The van der Waals surface area contributed by atoms with Gasteiger partial charge >= 0.3 is 6.18 Å². The van der Waals surface area contributed by atoms with Gasteiger partial charge in [-0.05, 0) is 61.7 Å². The summed E-state index contributed by atoms with van der Waals surface area (Å²) in [5, 5.41) is 0. The second-order valence-electron chi connectivity index (χ2n) is 9.17. The van der Waals surface area contributed by atoms with Crippen LogP contribution in [0.25, 0.3) is 0 Å². The lowest BCUT2D eigenvalue weighted by Crippen LogP contribution is -2.38. The van der Waals surface area contributed by atoms with Crippen molar-refractivity contribution in [2.24, 2.45) is 0 Å². The van der Waals surface area contributed by atoms with Crippen LogP contribution in [0.2, 0.25) is 0 Å². The minimum atomic E-state index is -4.44. The number of aromatic nitrogens is 1. The zero-order valence-electron chi connectivity index (χ0n) is 20.3. The predicted octanol–water partition coefficient (Wildman–Crippen LogP) is 5.70. The molecule has 1 aliphatic rings. The molecule has 3 aromatic rings. The summed E-state index contributed by atoms with van der Waals surface area (Å²) in [6.07, 6.45) is -3.21. The molecule has 2 heterocycles. The zero-order valence-corrected chi connectivity index (χ0v) is 20.3. The second kappa shape index (κ2) is 10.5. The predicted molar refractivity (Wildman–Crippen MR) is 131 cm³/mol. The van der Waals surface area contributed by atoms with Crippen LogP contribution in [0.1, 0.15) is 62.0 Å². The van der Waals surface area contributed by atoms with Crippen LogP contribution in [-0.2, 0) is 12.7 Å². The third kappa shape index (κ3) is 5.75. The first-order valence-electron chi connectivity index (χ1n) is 11.9. The third-order valence-electron chi connectivity index (χ3n) is 6.53. The van der Waals surface area contributed by atoms with E-state index in [4.69, 9.17) is 4.98 Å². The van der Waals surface area contributed by atoms with Crippen LogP contribution in [0.5, 0.6) is 0 Å². The average Bonchev–Trinajstić information content (AvgIpc) is 2.88. The first-order valence-corrected chi connectivity index (χ1v) is 11.9. The maximum absolute atomic E-state index is 13.3. The van der Waals surface area contributed by atoms with E-state index in [1.165, 1.54) is 12.1 Å². The number of carbonyl (C=O) groups excluding carboxylic acids is 2. The Morgan fingerprint density at radius 2 is 1.61 bits per heavy atom. The molecule has 0 saturated carbocycles. The van der Waals surface area contributed by atoms with Gasteiger partial charge in [0.1, 0.15) is 0 Å². The van der Waals surface area contributed by atoms with Crippen molar-refractivity contribution in [3.05, 3.63) is 100 Å². The van der Waals surface area contributed by atoms with E-state index in [1.807, 2.05) is 49.4 Å². The van der Waals surface area contributed by atoms with Gasteiger partial charge in [-0.15, -0.1) is 0 Å². The van der Waals surface area contributed by atoms with Gasteiger partial charge in [-0.2, -0.15) is 13.2 Å². The van der Waals surface area contributed by atoms with E-state index in [-0.39, 0.29) is 23.3 Å². The van der Waals surface area contributed by atoms with Crippen LogP contribution >= 0.6 is 0 Å². The first-order chi connectivity index (χ1) is 17.1. The third-order valence-corrected chi connectivity index (χ3v) is 6.53. The van der Waals surface area contributed by atoms with Crippen molar-refractivity contribution in [1.29, 1.82) is 0 Å². The molecule has 5 nitrogen and oxygen atoms in total. The Morgan fingerprint density at radius 3 is 2.22 bits per heavy atom. The highest BCUT2D eigenvalue weighted by molar-refractivity contribution is 5.95. The number of carbonyl (C=O) groups is 2. The molecule has 2 amide bonds. The lowest BCUT2D eigenvalue weighted by atomic mass is 9.89. The molecule has 0 aliphatic carbocycles. The maximum atomic E-state index is 13.3. The molecular weight excluding hydrogens is 467 g/mol. The van der Waals surface area contributed by atoms with Gasteiger partial charge in [0.05, 0.1) is 16.8 Å². The van der Waals surface area contributed by atoms with E-state index < -0.39 is 11.7 Å². The Kier molecular flexibility index (Phi) is 7.43. The smallest absolute Gasteiger partial charge is 0.339 e. The Labute approximate surface area is 208 Å². The standard InChI is InChI=1S/C28H28F3N3O2/c1-19-8-13-24(27(36)33(2)18-20-6-4-3-5-7-20)25(32-19)21-14-16-34(17-15-21)26(35)22-9-11-23(12-10-22)28(29,30)31/h3-13,21H,14-18H2,1-2H3. The van der Waals surface area contributed by atoms with Gasteiger partial charge in [0, 0.05) is 43.9 Å². The van der Waals surface area contributed by atoms with Crippen LogP contribution < -0.4 is 0 Å². The molecule has 1 fully saturated rings. The van der Waals surface area contributed by atoms with Crippen LogP contribution in [0.15, 0.2) is 66.7 Å². The summed E-state index contributed by atoms with van der Waals surface area (Å²) < 4.78 is 38.5. The summed E-state index contributed by atoms with van der Waals surface area (Å²) >= 11 is 0. The van der Waals surface area contributed by atoms with Crippen molar-refractivity contribution in [1.82, 2.24) is 14.8 Å². The topological polar surface area (TPSA) is 53.5 Å². The summed E-state index contributed by atoms with van der Waals surface area (Å²) in [5.41, 5.74) is 2.60. The van der Waals surface area contributed by atoms with Crippen molar-refractivity contribution >= 4 is 11.8 Å². The SMILES string of the molecule is Cc1ccc(C(=O)N(C)Cc2ccccc2)c(C2CCN(C(=O)c3ccc(C(F)(F)F)cc3)CC2)n1. The molecule has 1 aromatic heterocycles. The zero-order chi connectivity index (χ0) is 25.9. The van der Waals surface area contributed by atoms with Gasteiger partial charge in [-0.25, -0.2) is 0 Å². The van der Waals surface area contributed by atoms with E-state index in [0.29, 0.717) is 38.0 Å². The van der Waals surface area contributed by atoms with Gasteiger partial charge < -0.3 is 9.80 Å². The quantitative estimate of drug-likeness (QED) is 0.456. The fourth-order valence-corrected chi connectivity index (χ4v) is 4.54. The Hall–Kier alpha value is -3.68. The molecule has 36 heavy (non-hydrogen) atoms. The van der Waals surface area contributed by atoms with Crippen molar-refractivity contribution in [2.45, 2.75) is 38.4 Å². The van der Waals surface area contributed by atoms with Gasteiger partial charge in [0.25, 0.3) is 11.8 Å². The highest BCUT2D eigenvalue weighted by Crippen LogP contribution is 2.32. The lowest BCUT2D eigenvalue weighted by molar-refractivity contribution is -0.137. The largest absolute Gasteiger partial charge is 0.416 e. The molecule has 8 heteroatoms. The molecule has 0 unspecified atom stereocenters. The number of likely N-dealkylation sites (tertiary alicyclic amines) is 1. The molecule has 1 saturated heterocycles. The minimum Gasteiger partial charge on any atom is -0.339 e. The van der Waals surface area contributed by atoms with E-state index >= 15 is 0 Å². The number of amides is 2. The van der Waals surface area contributed by atoms with Crippen LogP contribution in [0.3, 0.4) is 0 Å². The van der Waals surface area contributed by atoms with Crippen molar-refractivity contribution in [3.8, 4) is 0 Å². The molecule has 4 rings (SSSR count). The number of rotatable bonds is 5. The van der Waals surface area contributed by atoms with E-state index in [1.54, 1.807) is 16.8 Å². The lowest BCUT2D eigenvalue weighted by Gasteiger charge is -2.33. The summed E-state index contributed by atoms with van der Waals surface area (Å²) in [6, 6.07) is 17.7. The van der Waals surface area contributed by atoms with Gasteiger partial charge in [0.15, 0.2) is 0 Å². The highest BCUT2D eigenvalue weighted by Gasteiger charge is 2.32. The molecule has 1 aliphatic heterocycles. The number of benzene rings is 2. The molecule has 0 spiro atoms. The summed E-state index contributed by atoms with van der Waals surface area (Å²) in [7, 11) is 1.77. The number of halogens is 3. The number of piperidine rings is 1. The molecule has 0 bridgehead atoms. The molecule has 0 radical (unpaired) electrons. The normalized spacial score (nSPS) is 14.5. The van der Waals surface area contributed by atoms with E-state index in [0.717, 1.165) is 29.1 Å². The number of hydrogen-bond donors (Lipinski definition) is 0. The monoisotopic (exact) mass is 495 g/mol. The summed E-state index contributed by atoms with van der Waals surface area (Å²) in [5.74, 6) is -0.395. The van der Waals surface area contributed by atoms with Gasteiger partial charge in [0.2, 0.25) is 0 Å². The molecular formula is C28H28F3N3O2. The number of hydrogen-bond acceptors (Lipinski definition) is 3. The summed E-state index contributed by atoms with van der Waals surface area (Å²) in [6.45, 7) is 3.24. The van der Waals surface area contributed by atoms with Crippen LogP contribution in [-0.4, -0.2) is 46.7 Å². The van der Waals surface area contributed by atoms with E-state index in [9.17, 15) is 22.8 Å². The van der Waals surface area contributed by atoms with Gasteiger partial charge in [-0.3, -0.25) is 14.6 Å². The molecule has 2 aromatic carbocycles. The Bertz CT molecular complexity index is 1220. The highest BCUT2D eigenvalue weighted by atomic mass is 19.4. The van der Waals surface area contributed by atoms with Crippen molar-refractivity contribution in [2.75, 3.05) is 20.1 Å². The minimum absolute atomic E-state index is 0.00521.